The van der Waals surface area contributed by atoms with E-state index in [-0.39, 0.29) is 24.2 Å². The van der Waals surface area contributed by atoms with Gasteiger partial charge < -0.3 is 29.9 Å². The number of hydrogen-bond donors (Lipinski definition) is 2. The fourth-order valence-corrected chi connectivity index (χ4v) is 5.19. The first-order valence-electron chi connectivity index (χ1n) is 12.6. The third kappa shape index (κ3) is 5.70. The van der Waals surface area contributed by atoms with E-state index < -0.39 is 0 Å². The fraction of sp³-hybridized carbons (Fsp3) is 0.640. The first-order valence-corrected chi connectivity index (χ1v) is 12.6. The Kier molecular flexibility index (Phi) is 7.30. The van der Waals surface area contributed by atoms with Crippen molar-refractivity contribution < 1.29 is 14.3 Å². The van der Waals surface area contributed by atoms with Crippen LogP contribution in [-0.4, -0.2) is 85.5 Å². The maximum Gasteiger partial charge on any atom is 0.315 e. The molecule has 3 aliphatic rings. The molecule has 0 bridgehead atoms. The average Bonchev–Trinajstić information content (AvgIpc) is 2.87. The summed E-state index contributed by atoms with van der Waals surface area (Å²) >= 11 is 0. The molecule has 184 valence electrons. The smallest absolute Gasteiger partial charge is 0.315 e. The Bertz CT molecular complexity index is 966. The molecule has 5 rings (SSSR count). The number of morpholine rings is 1. The topological polar surface area (TPSA) is 91.9 Å². The normalized spacial score (nSPS) is 24.7. The monoisotopic (exact) mass is 468 g/mol. The quantitative estimate of drug-likeness (QED) is 0.697. The number of piperidine rings is 1. The van der Waals surface area contributed by atoms with Gasteiger partial charge in [0.25, 0.3) is 0 Å². The highest BCUT2D eigenvalue weighted by atomic mass is 16.5. The third-order valence-electron chi connectivity index (χ3n) is 7.26. The van der Waals surface area contributed by atoms with Crippen LogP contribution in [0, 0.1) is 0 Å². The summed E-state index contributed by atoms with van der Waals surface area (Å²) in [4.78, 5) is 26.2. The van der Waals surface area contributed by atoms with Crippen molar-refractivity contribution >= 4 is 22.8 Å². The summed E-state index contributed by atoms with van der Waals surface area (Å²) in [6.07, 6.45) is 9.23. The molecular weight excluding hydrogens is 432 g/mol. The minimum Gasteiger partial charge on any atom is -0.488 e. The van der Waals surface area contributed by atoms with Crippen molar-refractivity contribution in [1.29, 1.82) is 0 Å². The lowest BCUT2D eigenvalue weighted by molar-refractivity contribution is 0.122. The van der Waals surface area contributed by atoms with Gasteiger partial charge in [-0.25, -0.2) is 9.78 Å². The van der Waals surface area contributed by atoms with Crippen molar-refractivity contribution in [2.24, 2.45) is 0 Å². The van der Waals surface area contributed by atoms with Crippen LogP contribution in [-0.2, 0) is 4.74 Å². The molecule has 34 heavy (non-hydrogen) atoms. The van der Waals surface area contributed by atoms with Crippen molar-refractivity contribution in [2.45, 2.75) is 56.7 Å². The van der Waals surface area contributed by atoms with Crippen molar-refractivity contribution in [3.05, 3.63) is 24.5 Å². The van der Waals surface area contributed by atoms with Gasteiger partial charge in [-0.15, -0.1) is 0 Å². The summed E-state index contributed by atoms with van der Waals surface area (Å²) in [5, 5.41) is 6.34. The van der Waals surface area contributed by atoms with Crippen LogP contribution in [0.15, 0.2) is 24.5 Å². The number of amides is 2. The van der Waals surface area contributed by atoms with Crippen LogP contribution in [0.2, 0.25) is 0 Å². The number of anilines is 1. The van der Waals surface area contributed by atoms with Gasteiger partial charge in [0.05, 0.1) is 24.8 Å². The van der Waals surface area contributed by atoms with E-state index in [1.807, 2.05) is 0 Å². The predicted molar refractivity (Wildman–Crippen MR) is 131 cm³/mol. The lowest BCUT2D eigenvalue weighted by Crippen LogP contribution is -2.50. The largest absolute Gasteiger partial charge is 0.488 e. The first kappa shape index (κ1) is 23.1. The van der Waals surface area contributed by atoms with Gasteiger partial charge in [-0.05, 0) is 64.7 Å². The Morgan fingerprint density at radius 3 is 2.35 bits per heavy atom. The minimum atomic E-state index is -0.0293. The number of rotatable bonds is 5. The van der Waals surface area contributed by atoms with Gasteiger partial charge in [-0.1, -0.05) is 0 Å². The van der Waals surface area contributed by atoms with Crippen molar-refractivity contribution in [1.82, 2.24) is 25.5 Å². The molecule has 9 nitrogen and oxygen atoms in total. The highest BCUT2D eigenvalue weighted by molar-refractivity contribution is 5.85. The number of carbonyl (C=O) groups is 1. The Hall–Kier alpha value is -2.65. The average molecular weight is 469 g/mol. The lowest BCUT2D eigenvalue weighted by Gasteiger charge is -2.32. The molecule has 0 radical (unpaired) electrons. The van der Waals surface area contributed by atoms with Gasteiger partial charge in [0.2, 0.25) is 0 Å². The second kappa shape index (κ2) is 10.7. The number of urea groups is 1. The number of ether oxygens (including phenoxy) is 2. The molecule has 2 N–H and O–H groups in total. The summed E-state index contributed by atoms with van der Waals surface area (Å²) in [5.74, 6) is 0.795. The molecule has 2 aliphatic heterocycles. The third-order valence-corrected chi connectivity index (χ3v) is 7.26. The van der Waals surface area contributed by atoms with Crippen molar-refractivity contribution in [3.8, 4) is 5.75 Å². The highest BCUT2D eigenvalue weighted by Gasteiger charge is 2.26. The van der Waals surface area contributed by atoms with Crippen molar-refractivity contribution in [2.75, 3.05) is 51.3 Å². The van der Waals surface area contributed by atoms with E-state index in [9.17, 15) is 4.79 Å². The molecule has 1 aliphatic carbocycles. The Morgan fingerprint density at radius 1 is 0.941 bits per heavy atom. The van der Waals surface area contributed by atoms with Crippen LogP contribution < -0.4 is 20.3 Å². The molecule has 1 aromatic carbocycles. The standard InChI is InChI=1S/C25H36N6O3/c1-30-10-6-19(7-11-30)29-25(32)28-18-2-4-21(5-3-18)34-23-17-20(31-12-14-33-15-13-31)16-22-24(23)27-9-8-26-22/h8-9,16-19,21H,2-7,10-15H2,1H3,(H2,28,29,32)/t18-,21+. The molecule has 1 saturated carbocycles. The number of aromatic nitrogens is 2. The number of likely N-dealkylation sites (tertiary alicyclic amines) is 1. The summed E-state index contributed by atoms with van der Waals surface area (Å²) < 4.78 is 12.0. The van der Waals surface area contributed by atoms with E-state index in [2.05, 4.69) is 49.6 Å². The predicted octanol–water partition coefficient (Wildman–Crippen LogP) is 2.55. The molecule has 0 unspecified atom stereocenters. The zero-order valence-electron chi connectivity index (χ0n) is 20.0. The van der Waals surface area contributed by atoms with E-state index in [0.29, 0.717) is 0 Å². The van der Waals surface area contributed by atoms with E-state index in [1.54, 1.807) is 12.4 Å². The first-order chi connectivity index (χ1) is 16.6. The second-order valence-corrected chi connectivity index (χ2v) is 9.75. The van der Waals surface area contributed by atoms with Gasteiger partial charge in [-0.2, -0.15) is 0 Å². The zero-order chi connectivity index (χ0) is 23.3. The van der Waals surface area contributed by atoms with Gasteiger partial charge in [0.1, 0.15) is 11.3 Å². The van der Waals surface area contributed by atoms with Gasteiger partial charge in [-0.3, -0.25) is 4.98 Å². The maximum atomic E-state index is 12.5. The Labute approximate surface area is 201 Å². The van der Waals surface area contributed by atoms with Gasteiger partial charge in [0, 0.05) is 49.3 Å². The van der Waals surface area contributed by atoms with Crippen LogP contribution in [0.3, 0.4) is 0 Å². The number of hydrogen-bond acceptors (Lipinski definition) is 7. The lowest BCUT2D eigenvalue weighted by atomic mass is 9.93. The van der Waals surface area contributed by atoms with E-state index >= 15 is 0 Å². The zero-order valence-corrected chi connectivity index (χ0v) is 20.0. The minimum absolute atomic E-state index is 0.0293. The van der Waals surface area contributed by atoms with E-state index in [1.165, 1.54) is 0 Å². The van der Waals surface area contributed by atoms with Crippen LogP contribution >= 0.6 is 0 Å². The van der Waals surface area contributed by atoms with Crippen molar-refractivity contribution in [3.63, 3.8) is 0 Å². The van der Waals surface area contributed by atoms with E-state index in [0.717, 1.165) is 100 Å². The second-order valence-electron chi connectivity index (χ2n) is 9.75. The number of nitrogens with one attached hydrogen (secondary N) is 2. The van der Waals surface area contributed by atoms with E-state index in [4.69, 9.17) is 9.47 Å². The molecule has 3 fully saturated rings. The number of benzene rings is 1. The Balaban J connectivity index is 1.17. The summed E-state index contributed by atoms with van der Waals surface area (Å²) in [6.45, 7) is 5.27. The molecule has 2 aromatic rings. The molecule has 9 heteroatoms. The molecule has 3 heterocycles. The molecule has 0 spiro atoms. The van der Waals surface area contributed by atoms with Crippen LogP contribution in [0.5, 0.6) is 5.75 Å². The fourth-order valence-electron chi connectivity index (χ4n) is 5.19. The number of fused-ring (bicyclic) bond motifs is 1. The Morgan fingerprint density at radius 2 is 1.62 bits per heavy atom. The van der Waals surface area contributed by atoms with Gasteiger partial charge in [0.15, 0.2) is 0 Å². The molecule has 0 atom stereocenters. The van der Waals surface area contributed by atoms with Crippen LogP contribution in [0.25, 0.3) is 11.0 Å². The highest BCUT2D eigenvalue weighted by Crippen LogP contribution is 2.33. The van der Waals surface area contributed by atoms with Crippen LogP contribution in [0.4, 0.5) is 10.5 Å². The summed E-state index contributed by atoms with van der Waals surface area (Å²) in [7, 11) is 2.13. The molecular formula is C25H36N6O3. The maximum absolute atomic E-state index is 12.5. The molecule has 1 aromatic heterocycles. The number of nitrogens with zero attached hydrogens (tertiary/aromatic N) is 4. The number of carbonyl (C=O) groups excluding carboxylic acids is 1. The SMILES string of the molecule is CN1CCC(NC(=O)N[C@H]2CC[C@@H](Oc3cc(N4CCOCC4)cc4nccnc34)CC2)CC1. The molecule has 2 amide bonds. The molecule has 2 saturated heterocycles. The van der Waals surface area contributed by atoms with Gasteiger partial charge >= 0.3 is 6.03 Å². The summed E-state index contributed by atoms with van der Waals surface area (Å²) in [6, 6.07) is 4.64. The van der Waals surface area contributed by atoms with Crippen LogP contribution in [0.1, 0.15) is 38.5 Å². The summed E-state index contributed by atoms with van der Waals surface area (Å²) in [5.41, 5.74) is 2.76.